The molecule has 0 aliphatic carbocycles. The summed E-state index contributed by atoms with van der Waals surface area (Å²) in [4.78, 5) is 2.35. The fraction of sp³-hybridized carbons (Fsp3) is 0.800. The van der Waals surface area contributed by atoms with E-state index in [1.54, 1.807) is 7.11 Å². The highest BCUT2D eigenvalue weighted by molar-refractivity contribution is 4.99. The molecule has 84 valence electrons. The van der Waals surface area contributed by atoms with E-state index in [1.165, 1.54) is 0 Å². The summed E-state index contributed by atoms with van der Waals surface area (Å²) in [5.74, 6) is 2.02. The van der Waals surface area contributed by atoms with Crippen LogP contribution in [0, 0.1) is 0 Å². The third-order valence-corrected chi connectivity index (χ3v) is 3.08. The van der Waals surface area contributed by atoms with Crippen LogP contribution in [0.15, 0.2) is 0 Å². The second-order valence-electron chi connectivity index (χ2n) is 4.15. The van der Waals surface area contributed by atoms with E-state index < -0.39 is 0 Å². The molecule has 1 aromatic rings. The summed E-state index contributed by atoms with van der Waals surface area (Å²) in [6, 6.07) is 0.533. The molecule has 1 atom stereocenters. The average Bonchev–Trinajstić information content (AvgIpc) is 2.51. The summed E-state index contributed by atoms with van der Waals surface area (Å²) in [5, 5.41) is 8.38. The Morgan fingerprint density at radius 2 is 2.20 bits per heavy atom. The van der Waals surface area contributed by atoms with Gasteiger partial charge in [0.25, 0.3) is 0 Å². The number of ether oxygens (including phenoxy) is 1. The van der Waals surface area contributed by atoms with E-state index in [9.17, 15) is 0 Å². The van der Waals surface area contributed by atoms with Crippen molar-refractivity contribution >= 4 is 0 Å². The molecule has 0 saturated heterocycles. The van der Waals surface area contributed by atoms with E-state index >= 15 is 0 Å². The SMILES string of the molecule is COCc1nnc2n1CCN(C)C(C)C2. The monoisotopic (exact) mass is 210 g/mol. The molecule has 0 aromatic carbocycles. The van der Waals surface area contributed by atoms with Crippen molar-refractivity contribution in [1.29, 1.82) is 0 Å². The van der Waals surface area contributed by atoms with Crippen LogP contribution in [0.4, 0.5) is 0 Å². The van der Waals surface area contributed by atoms with E-state index in [1.807, 2.05) is 0 Å². The Bertz CT molecular complexity index is 336. The van der Waals surface area contributed by atoms with Gasteiger partial charge in [-0.15, -0.1) is 10.2 Å². The fourth-order valence-electron chi connectivity index (χ4n) is 1.92. The Hall–Kier alpha value is -0.940. The minimum atomic E-state index is 0.533. The topological polar surface area (TPSA) is 43.2 Å². The Labute approximate surface area is 90.0 Å². The van der Waals surface area contributed by atoms with Gasteiger partial charge in [-0.25, -0.2) is 0 Å². The number of likely N-dealkylation sites (N-methyl/N-ethyl adjacent to an activating group) is 1. The summed E-state index contributed by atoms with van der Waals surface area (Å²) < 4.78 is 7.29. The number of aromatic nitrogens is 3. The van der Waals surface area contributed by atoms with Crippen LogP contribution in [0.5, 0.6) is 0 Å². The average molecular weight is 210 g/mol. The maximum absolute atomic E-state index is 5.11. The van der Waals surface area contributed by atoms with Gasteiger partial charge in [0.05, 0.1) is 0 Å². The number of nitrogens with zero attached hydrogens (tertiary/aromatic N) is 4. The largest absolute Gasteiger partial charge is 0.377 e. The van der Waals surface area contributed by atoms with Gasteiger partial charge in [-0.3, -0.25) is 0 Å². The molecule has 0 N–H and O–H groups in total. The number of hydrogen-bond donors (Lipinski definition) is 0. The number of fused-ring (bicyclic) bond motifs is 1. The van der Waals surface area contributed by atoms with Gasteiger partial charge < -0.3 is 14.2 Å². The predicted molar refractivity (Wildman–Crippen MR) is 56.5 cm³/mol. The molecule has 1 aromatic heterocycles. The van der Waals surface area contributed by atoms with Crippen LogP contribution in [-0.2, 0) is 24.3 Å². The van der Waals surface area contributed by atoms with Crippen LogP contribution in [0.2, 0.25) is 0 Å². The Kier molecular flexibility index (Phi) is 3.02. The van der Waals surface area contributed by atoms with Crippen LogP contribution in [0.25, 0.3) is 0 Å². The minimum Gasteiger partial charge on any atom is -0.377 e. The Morgan fingerprint density at radius 1 is 1.40 bits per heavy atom. The summed E-state index contributed by atoms with van der Waals surface area (Å²) >= 11 is 0. The van der Waals surface area contributed by atoms with Gasteiger partial charge in [-0.05, 0) is 14.0 Å². The first-order chi connectivity index (χ1) is 7.22. The van der Waals surface area contributed by atoms with Crippen LogP contribution in [-0.4, -0.2) is 46.4 Å². The van der Waals surface area contributed by atoms with Crippen LogP contribution >= 0.6 is 0 Å². The van der Waals surface area contributed by atoms with Crippen LogP contribution in [0.1, 0.15) is 18.6 Å². The third-order valence-electron chi connectivity index (χ3n) is 3.08. The first-order valence-electron chi connectivity index (χ1n) is 5.32. The smallest absolute Gasteiger partial charge is 0.159 e. The molecule has 0 spiro atoms. The summed E-state index contributed by atoms with van der Waals surface area (Å²) in [6.45, 7) is 4.77. The number of hydrogen-bond acceptors (Lipinski definition) is 4. The second kappa shape index (κ2) is 4.28. The maximum atomic E-state index is 5.11. The van der Waals surface area contributed by atoms with Crippen molar-refractivity contribution in [3.05, 3.63) is 11.6 Å². The van der Waals surface area contributed by atoms with Gasteiger partial charge in [0.2, 0.25) is 0 Å². The predicted octanol–water partition coefficient (Wildman–Crippen LogP) is 0.301. The third kappa shape index (κ3) is 2.03. The molecule has 0 saturated carbocycles. The van der Waals surface area contributed by atoms with E-state index in [0.717, 1.165) is 31.2 Å². The molecular weight excluding hydrogens is 192 g/mol. The highest BCUT2D eigenvalue weighted by Gasteiger charge is 2.21. The molecule has 15 heavy (non-hydrogen) atoms. The summed E-state index contributed by atoms with van der Waals surface area (Å²) in [6.07, 6.45) is 0.965. The van der Waals surface area contributed by atoms with E-state index in [-0.39, 0.29) is 0 Å². The number of methoxy groups -OCH3 is 1. The molecule has 0 radical (unpaired) electrons. The van der Waals surface area contributed by atoms with Gasteiger partial charge >= 0.3 is 0 Å². The molecule has 2 rings (SSSR count). The molecule has 1 aliphatic rings. The molecule has 5 heteroatoms. The zero-order valence-electron chi connectivity index (χ0n) is 9.60. The molecule has 5 nitrogen and oxygen atoms in total. The van der Waals surface area contributed by atoms with Gasteiger partial charge in [0, 0.05) is 32.7 Å². The van der Waals surface area contributed by atoms with Crippen molar-refractivity contribution in [3.63, 3.8) is 0 Å². The lowest BCUT2D eigenvalue weighted by Gasteiger charge is -2.20. The molecule has 2 heterocycles. The van der Waals surface area contributed by atoms with Crippen LogP contribution < -0.4 is 0 Å². The van der Waals surface area contributed by atoms with Crippen molar-refractivity contribution in [2.24, 2.45) is 0 Å². The summed E-state index contributed by atoms with van der Waals surface area (Å²) in [5.41, 5.74) is 0. The maximum Gasteiger partial charge on any atom is 0.159 e. The van der Waals surface area contributed by atoms with Gasteiger partial charge in [0.1, 0.15) is 12.4 Å². The normalized spacial score (nSPS) is 22.5. The molecule has 1 unspecified atom stereocenters. The Morgan fingerprint density at radius 3 is 2.93 bits per heavy atom. The van der Waals surface area contributed by atoms with Crippen molar-refractivity contribution < 1.29 is 4.74 Å². The Balaban J connectivity index is 2.23. The van der Waals surface area contributed by atoms with Crippen LogP contribution in [0.3, 0.4) is 0 Å². The number of rotatable bonds is 2. The molecule has 0 fully saturated rings. The first-order valence-corrected chi connectivity index (χ1v) is 5.32. The van der Waals surface area contributed by atoms with Gasteiger partial charge in [-0.2, -0.15) is 0 Å². The zero-order chi connectivity index (χ0) is 10.8. The van der Waals surface area contributed by atoms with Gasteiger partial charge in [-0.1, -0.05) is 0 Å². The zero-order valence-corrected chi connectivity index (χ0v) is 9.60. The van der Waals surface area contributed by atoms with E-state index in [0.29, 0.717) is 12.6 Å². The van der Waals surface area contributed by atoms with Crippen molar-refractivity contribution in [2.75, 3.05) is 20.7 Å². The van der Waals surface area contributed by atoms with Gasteiger partial charge in [0.15, 0.2) is 5.82 Å². The van der Waals surface area contributed by atoms with Crippen molar-refractivity contribution in [3.8, 4) is 0 Å². The fourth-order valence-corrected chi connectivity index (χ4v) is 1.92. The van der Waals surface area contributed by atoms with E-state index in [2.05, 4.69) is 33.6 Å². The molecular formula is C10H18N4O. The molecule has 0 amide bonds. The van der Waals surface area contributed by atoms with Crippen molar-refractivity contribution in [2.45, 2.75) is 32.5 Å². The lowest BCUT2D eigenvalue weighted by Crippen LogP contribution is -2.30. The molecule has 0 bridgehead atoms. The van der Waals surface area contributed by atoms with E-state index in [4.69, 9.17) is 4.74 Å². The minimum absolute atomic E-state index is 0.533. The molecule has 1 aliphatic heterocycles. The van der Waals surface area contributed by atoms with Crippen molar-refractivity contribution in [1.82, 2.24) is 19.7 Å². The highest BCUT2D eigenvalue weighted by atomic mass is 16.5. The lowest BCUT2D eigenvalue weighted by atomic mass is 10.2. The quantitative estimate of drug-likeness (QED) is 0.704. The highest BCUT2D eigenvalue weighted by Crippen LogP contribution is 2.13. The first kappa shape index (κ1) is 10.6. The second-order valence-corrected chi connectivity index (χ2v) is 4.15. The standard InChI is InChI=1S/C10H18N4O/c1-8-6-9-11-12-10(7-15-3)14(9)5-4-13(8)2/h8H,4-7H2,1-3H3. The lowest BCUT2D eigenvalue weighted by molar-refractivity contribution is 0.173. The summed E-state index contributed by atoms with van der Waals surface area (Å²) in [7, 11) is 3.84.